The number of benzene rings is 1. The Kier molecular flexibility index (Phi) is 2.84. The molecule has 0 saturated heterocycles. The van der Waals surface area contributed by atoms with E-state index in [4.69, 9.17) is 5.73 Å². The molecular formula is C14H13F3N2. The minimum Gasteiger partial charge on any atom is -0.398 e. The van der Waals surface area contributed by atoms with E-state index >= 15 is 0 Å². The third kappa shape index (κ3) is 1.93. The van der Waals surface area contributed by atoms with Crippen LogP contribution in [0.1, 0.15) is 37.3 Å². The molecule has 2 aromatic rings. The first kappa shape index (κ1) is 12.3. The Morgan fingerprint density at radius 2 is 1.74 bits per heavy atom. The summed E-state index contributed by atoms with van der Waals surface area (Å²) in [6.07, 6.45) is 4.25. The number of nitrogens with two attached hydrogens (primary N) is 1. The lowest BCUT2D eigenvalue weighted by Crippen LogP contribution is -2.03. The van der Waals surface area contributed by atoms with Crippen LogP contribution < -0.4 is 5.73 Å². The highest BCUT2D eigenvalue weighted by Crippen LogP contribution is 2.36. The highest BCUT2D eigenvalue weighted by atomic mass is 19.2. The molecule has 2 nitrogen and oxygen atoms in total. The molecule has 1 heterocycles. The molecule has 19 heavy (non-hydrogen) atoms. The third-order valence-electron chi connectivity index (χ3n) is 3.76. The van der Waals surface area contributed by atoms with Crippen molar-refractivity contribution < 1.29 is 13.2 Å². The van der Waals surface area contributed by atoms with E-state index in [1.54, 1.807) is 6.07 Å². The fourth-order valence-electron chi connectivity index (χ4n) is 2.78. The third-order valence-corrected chi connectivity index (χ3v) is 3.76. The summed E-state index contributed by atoms with van der Waals surface area (Å²) in [7, 11) is 0. The van der Waals surface area contributed by atoms with Gasteiger partial charge in [0.2, 0.25) is 0 Å². The molecule has 1 fully saturated rings. The molecule has 100 valence electrons. The van der Waals surface area contributed by atoms with Crippen LogP contribution in [0.2, 0.25) is 0 Å². The first-order valence-electron chi connectivity index (χ1n) is 6.31. The normalized spacial score (nSPS) is 16.4. The van der Waals surface area contributed by atoms with E-state index in [0.29, 0.717) is 0 Å². The predicted molar refractivity (Wildman–Crippen MR) is 67.2 cm³/mol. The summed E-state index contributed by atoms with van der Waals surface area (Å²) in [5, 5.41) is -0.138. The van der Waals surface area contributed by atoms with Gasteiger partial charge in [-0.1, -0.05) is 12.8 Å². The van der Waals surface area contributed by atoms with Crippen molar-refractivity contribution in [2.24, 2.45) is 0 Å². The van der Waals surface area contributed by atoms with Crippen molar-refractivity contribution in [1.82, 2.24) is 4.98 Å². The first-order valence-corrected chi connectivity index (χ1v) is 6.31. The number of hydrogen-bond donors (Lipinski definition) is 1. The summed E-state index contributed by atoms with van der Waals surface area (Å²) in [5.41, 5.74) is 6.71. The Morgan fingerprint density at radius 3 is 2.42 bits per heavy atom. The average molecular weight is 266 g/mol. The van der Waals surface area contributed by atoms with Crippen LogP contribution in [0, 0.1) is 17.5 Å². The molecule has 1 aliphatic carbocycles. The second-order valence-corrected chi connectivity index (χ2v) is 5.00. The molecule has 0 atom stereocenters. The summed E-state index contributed by atoms with van der Waals surface area (Å²) in [6, 6.07) is 2.49. The summed E-state index contributed by atoms with van der Waals surface area (Å²) < 4.78 is 40.2. The molecule has 0 aliphatic heterocycles. The van der Waals surface area contributed by atoms with Crippen molar-refractivity contribution in [3.05, 3.63) is 35.3 Å². The van der Waals surface area contributed by atoms with Crippen molar-refractivity contribution in [2.45, 2.75) is 31.6 Å². The molecule has 3 rings (SSSR count). The van der Waals surface area contributed by atoms with Crippen LogP contribution in [0.5, 0.6) is 0 Å². The Hall–Kier alpha value is -1.78. The van der Waals surface area contributed by atoms with Crippen LogP contribution in [0.3, 0.4) is 0 Å². The van der Waals surface area contributed by atoms with Gasteiger partial charge in [0.1, 0.15) is 0 Å². The van der Waals surface area contributed by atoms with E-state index in [2.05, 4.69) is 4.98 Å². The number of nitrogens with zero attached hydrogens (tertiary/aromatic N) is 1. The predicted octanol–water partition coefficient (Wildman–Crippen LogP) is 3.89. The maximum Gasteiger partial charge on any atom is 0.195 e. The van der Waals surface area contributed by atoms with E-state index in [0.717, 1.165) is 37.4 Å². The molecule has 0 amide bonds. The molecule has 1 saturated carbocycles. The molecule has 1 aromatic carbocycles. The molecule has 1 aliphatic rings. The molecule has 1 aromatic heterocycles. The zero-order valence-electron chi connectivity index (χ0n) is 10.2. The van der Waals surface area contributed by atoms with Crippen LogP contribution in [0.25, 0.3) is 10.9 Å². The van der Waals surface area contributed by atoms with Gasteiger partial charge in [0, 0.05) is 23.4 Å². The minimum atomic E-state index is -1.50. The Balaban J connectivity index is 2.23. The maximum absolute atomic E-state index is 13.7. The number of halogens is 3. The monoisotopic (exact) mass is 266 g/mol. The lowest BCUT2D eigenvalue weighted by molar-refractivity contribution is 0.453. The Bertz CT molecular complexity index is 649. The highest BCUT2D eigenvalue weighted by Gasteiger charge is 2.22. The summed E-state index contributed by atoms with van der Waals surface area (Å²) in [6.45, 7) is 0. The smallest absolute Gasteiger partial charge is 0.195 e. The Labute approximate surface area is 108 Å². The second kappa shape index (κ2) is 4.40. The molecule has 2 N–H and O–H groups in total. The largest absolute Gasteiger partial charge is 0.398 e. The van der Waals surface area contributed by atoms with Gasteiger partial charge in [-0.15, -0.1) is 0 Å². The van der Waals surface area contributed by atoms with Crippen LogP contribution >= 0.6 is 0 Å². The van der Waals surface area contributed by atoms with Gasteiger partial charge in [0.15, 0.2) is 17.5 Å². The first-order chi connectivity index (χ1) is 9.08. The Morgan fingerprint density at radius 1 is 1.05 bits per heavy atom. The van der Waals surface area contributed by atoms with E-state index < -0.39 is 17.5 Å². The number of nitrogen functional groups attached to an aromatic ring is 1. The molecule has 0 spiro atoms. The number of anilines is 1. The number of rotatable bonds is 1. The number of hydrogen-bond acceptors (Lipinski definition) is 2. The molecular weight excluding hydrogens is 253 g/mol. The fourth-order valence-corrected chi connectivity index (χ4v) is 2.78. The average Bonchev–Trinajstić information content (AvgIpc) is 2.89. The highest BCUT2D eigenvalue weighted by molar-refractivity contribution is 5.91. The van der Waals surface area contributed by atoms with Crippen molar-refractivity contribution in [3.8, 4) is 0 Å². The van der Waals surface area contributed by atoms with Crippen molar-refractivity contribution in [3.63, 3.8) is 0 Å². The SMILES string of the molecule is Nc1cc(C2CCCC2)nc2cc(F)c(F)c(F)c12. The van der Waals surface area contributed by atoms with Gasteiger partial charge in [-0.2, -0.15) is 0 Å². The van der Waals surface area contributed by atoms with E-state index in [1.807, 2.05) is 0 Å². The lowest BCUT2D eigenvalue weighted by atomic mass is 10.0. The molecule has 0 bridgehead atoms. The van der Waals surface area contributed by atoms with Gasteiger partial charge >= 0.3 is 0 Å². The summed E-state index contributed by atoms with van der Waals surface area (Å²) in [4.78, 5) is 4.25. The fraction of sp³-hybridized carbons (Fsp3) is 0.357. The van der Waals surface area contributed by atoms with Gasteiger partial charge in [0.05, 0.1) is 10.9 Å². The molecule has 0 radical (unpaired) electrons. The zero-order chi connectivity index (χ0) is 13.6. The number of fused-ring (bicyclic) bond motifs is 1. The van der Waals surface area contributed by atoms with Crippen molar-refractivity contribution in [1.29, 1.82) is 0 Å². The quantitative estimate of drug-likeness (QED) is 0.795. The zero-order valence-corrected chi connectivity index (χ0v) is 10.2. The van der Waals surface area contributed by atoms with Gasteiger partial charge < -0.3 is 5.73 Å². The summed E-state index contributed by atoms with van der Waals surface area (Å²) in [5.74, 6) is -3.73. The number of aromatic nitrogens is 1. The topological polar surface area (TPSA) is 38.9 Å². The van der Waals surface area contributed by atoms with Crippen LogP contribution in [-0.4, -0.2) is 4.98 Å². The molecule has 5 heteroatoms. The van der Waals surface area contributed by atoms with Crippen LogP contribution in [0.4, 0.5) is 18.9 Å². The van der Waals surface area contributed by atoms with Gasteiger partial charge in [-0.3, -0.25) is 4.98 Å². The van der Waals surface area contributed by atoms with Gasteiger partial charge in [-0.25, -0.2) is 13.2 Å². The van der Waals surface area contributed by atoms with Crippen molar-refractivity contribution >= 4 is 16.6 Å². The van der Waals surface area contributed by atoms with E-state index in [-0.39, 0.29) is 22.5 Å². The van der Waals surface area contributed by atoms with Crippen molar-refractivity contribution in [2.75, 3.05) is 5.73 Å². The standard InChI is InChI=1S/C14H13F3N2/c15-8-5-11-12(14(17)13(8)16)9(18)6-10(19-11)7-3-1-2-4-7/h5-7H,1-4H2,(H2,18,19). The molecule has 0 unspecified atom stereocenters. The minimum absolute atomic E-state index is 0.0818. The van der Waals surface area contributed by atoms with E-state index in [1.165, 1.54) is 0 Å². The van der Waals surface area contributed by atoms with Gasteiger partial charge in [0.25, 0.3) is 0 Å². The summed E-state index contributed by atoms with van der Waals surface area (Å²) >= 11 is 0. The van der Waals surface area contributed by atoms with Gasteiger partial charge in [-0.05, 0) is 18.9 Å². The maximum atomic E-state index is 13.7. The number of pyridine rings is 1. The van der Waals surface area contributed by atoms with E-state index in [9.17, 15) is 13.2 Å². The van der Waals surface area contributed by atoms with Crippen LogP contribution in [0.15, 0.2) is 12.1 Å². The lowest BCUT2D eigenvalue weighted by Gasteiger charge is -2.12. The second-order valence-electron chi connectivity index (χ2n) is 5.00. The van der Waals surface area contributed by atoms with Crippen LogP contribution in [-0.2, 0) is 0 Å².